The predicted molar refractivity (Wildman–Crippen MR) is 87.3 cm³/mol. The predicted octanol–water partition coefficient (Wildman–Crippen LogP) is 4.35. The van der Waals surface area contributed by atoms with E-state index < -0.39 is 0 Å². The highest BCUT2D eigenvalue weighted by Crippen LogP contribution is 2.29. The maximum Gasteiger partial charge on any atom is 0.0502 e. The van der Waals surface area contributed by atoms with Crippen LogP contribution in [0.15, 0.2) is 28.7 Å². The van der Waals surface area contributed by atoms with Crippen molar-refractivity contribution in [3.8, 4) is 0 Å². The van der Waals surface area contributed by atoms with E-state index in [2.05, 4.69) is 72.8 Å². The molecule has 0 aliphatic carbocycles. The lowest BCUT2D eigenvalue weighted by atomic mass is 9.94. The Hall–Kier alpha value is -0.380. The highest BCUT2D eigenvalue weighted by atomic mass is 79.9. The van der Waals surface area contributed by atoms with Crippen LogP contribution in [0.4, 0.5) is 0 Å². The zero-order chi connectivity index (χ0) is 14.4. The van der Waals surface area contributed by atoms with Crippen LogP contribution in [0.2, 0.25) is 0 Å². The SMILES string of the molecule is CCC(N)C(c1cccc(Br)c1)N(CC)C(C)CC. The summed E-state index contributed by atoms with van der Waals surface area (Å²) in [5, 5.41) is 0. The van der Waals surface area contributed by atoms with Gasteiger partial charge in [0.25, 0.3) is 0 Å². The molecule has 19 heavy (non-hydrogen) atoms. The monoisotopic (exact) mass is 326 g/mol. The van der Waals surface area contributed by atoms with E-state index in [9.17, 15) is 0 Å². The third-order valence-electron chi connectivity index (χ3n) is 3.95. The first-order chi connectivity index (χ1) is 9.04. The zero-order valence-corrected chi connectivity index (χ0v) is 14.2. The molecule has 2 N–H and O–H groups in total. The van der Waals surface area contributed by atoms with Crippen molar-refractivity contribution in [3.63, 3.8) is 0 Å². The standard InChI is InChI=1S/C16H27BrN2/c1-5-12(4)19(7-3)16(15(18)6-2)13-9-8-10-14(17)11-13/h8-12,15-16H,5-7,18H2,1-4H3. The fourth-order valence-corrected chi connectivity index (χ4v) is 3.03. The summed E-state index contributed by atoms with van der Waals surface area (Å²) in [7, 11) is 0. The molecule has 0 aliphatic rings. The molecule has 0 spiro atoms. The third-order valence-corrected chi connectivity index (χ3v) is 4.44. The molecule has 0 aliphatic heterocycles. The van der Waals surface area contributed by atoms with Crippen LogP contribution >= 0.6 is 15.9 Å². The van der Waals surface area contributed by atoms with Crippen LogP contribution in [-0.4, -0.2) is 23.5 Å². The van der Waals surface area contributed by atoms with Crippen molar-refractivity contribution < 1.29 is 0 Å². The molecule has 0 fully saturated rings. The Bertz CT molecular complexity index is 381. The molecule has 0 aromatic heterocycles. The molecule has 1 aromatic carbocycles. The van der Waals surface area contributed by atoms with Gasteiger partial charge in [-0.25, -0.2) is 0 Å². The van der Waals surface area contributed by atoms with Crippen LogP contribution < -0.4 is 5.73 Å². The molecule has 3 unspecified atom stereocenters. The van der Waals surface area contributed by atoms with Crippen LogP contribution in [0.1, 0.15) is 52.1 Å². The van der Waals surface area contributed by atoms with Crippen molar-refractivity contribution >= 4 is 15.9 Å². The Morgan fingerprint density at radius 3 is 2.37 bits per heavy atom. The Labute approximate surface area is 126 Å². The van der Waals surface area contributed by atoms with Gasteiger partial charge in [-0.1, -0.05) is 48.8 Å². The van der Waals surface area contributed by atoms with Gasteiger partial charge in [0.2, 0.25) is 0 Å². The summed E-state index contributed by atoms with van der Waals surface area (Å²) in [6.07, 6.45) is 2.14. The molecule has 0 saturated carbocycles. The lowest BCUT2D eigenvalue weighted by Gasteiger charge is -2.39. The number of hydrogen-bond acceptors (Lipinski definition) is 2. The molecule has 1 aromatic rings. The van der Waals surface area contributed by atoms with Crippen molar-refractivity contribution in [2.24, 2.45) is 5.73 Å². The van der Waals surface area contributed by atoms with E-state index in [0.29, 0.717) is 12.1 Å². The maximum absolute atomic E-state index is 6.41. The average Bonchev–Trinajstić information content (AvgIpc) is 2.42. The Balaban J connectivity index is 3.13. The van der Waals surface area contributed by atoms with E-state index in [1.807, 2.05) is 0 Å². The summed E-state index contributed by atoms with van der Waals surface area (Å²) in [6.45, 7) is 9.94. The number of halogens is 1. The van der Waals surface area contributed by atoms with Crippen molar-refractivity contribution in [1.82, 2.24) is 4.90 Å². The lowest BCUT2D eigenvalue weighted by Crippen LogP contribution is -2.44. The minimum Gasteiger partial charge on any atom is -0.326 e. The molecule has 0 amide bonds. The number of nitrogens with zero attached hydrogens (tertiary/aromatic N) is 1. The van der Waals surface area contributed by atoms with Crippen molar-refractivity contribution in [2.75, 3.05) is 6.54 Å². The number of benzene rings is 1. The Morgan fingerprint density at radius 1 is 1.21 bits per heavy atom. The molecule has 0 heterocycles. The first kappa shape index (κ1) is 16.7. The van der Waals surface area contributed by atoms with Gasteiger partial charge in [0.15, 0.2) is 0 Å². The van der Waals surface area contributed by atoms with Gasteiger partial charge in [-0.05, 0) is 44.0 Å². The molecule has 3 atom stereocenters. The van der Waals surface area contributed by atoms with Crippen molar-refractivity contribution in [1.29, 1.82) is 0 Å². The Kier molecular flexibility index (Phi) is 7.05. The first-order valence-corrected chi connectivity index (χ1v) is 8.11. The fourth-order valence-electron chi connectivity index (χ4n) is 2.62. The fraction of sp³-hybridized carbons (Fsp3) is 0.625. The summed E-state index contributed by atoms with van der Waals surface area (Å²) < 4.78 is 1.12. The van der Waals surface area contributed by atoms with Crippen LogP contribution in [0.5, 0.6) is 0 Å². The number of likely N-dealkylation sites (N-methyl/N-ethyl adjacent to an activating group) is 1. The van der Waals surface area contributed by atoms with Gasteiger partial charge in [-0.15, -0.1) is 0 Å². The van der Waals surface area contributed by atoms with E-state index >= 15 is 0 Å². The van der Waals surface area contributed by atoms with Gasteiger partial charge < -0.3 is 5.73 Å². The van der Waals surface area contributed by atoms with E-state index in [1.165, 1.54) is 5.56 Å². The van der Waals surface area contributed by atoms with Crippen LogP contribution in [-0.2, 0) is 0 Å². The normalized spacial score (nSPS) is 16.4. The summed E-state index contributed by atoms with van der Waals surface area (Å²) in [5.74, 6) is 0. The van der Waals surface area contributed by atoms with Crippen LogP contribution in [0, 0.1) is 0 Å². The molecule has 2 nitrogen and oxygen atoms in total. The largest absolute Gasteiger partial charge is 0.326 e. The lowest BCUT2D eigenvalue weighted by molar-refractivity contribution is 0.125. The molecular weight excluding hydrogens is 300 g/mol. The highest BCUT2D eigenvalue weighted by molar-refractivity contribution is 9.10. The maximum atomic E-state index is 6.41. The summed E-state index contributed by atoms with van der Waals surface area (Å²) in [5.41, 5.74) is 7.72. The van der Waals surface area contributed by atoms with Crippen molar-refractivity contribution in [2.45, 2.75) is 58.7 Å². The molecule has 3 heteroatoms. The second kappa shape index (κ2) is 8.03. The highest BCUT2D eigenvalue weighted by Gasteiger charge is 2.27. The number of hydrogen-bond donors (Lipinski definition) is 1. The molecule has 0 saturated heterocycles. The van der Waals surface area contributed by atoms with Gasteiger partial charge in [0, 0.05) is 16.6 Å². The molecule has 1 rings (SSSR count). The number of rotatable bonds is 7. The summed E-state index contributed by atoms with van der Waals surface area (Å²) >= 11 is 3.57. The quantitative estimate of drug-likeness (QED) is 0.807. The van der Waals surface area contributed by atoms with Gasteiger partial charge in [-0.3, -0.25) is 4.90 Å². The van der Waals surface area contributed by atoms with Crippen molar-refractivity contribution in [3.05, 3.63) is 34.3 Å². The summed E-state index contributed by atoms with van der Waals surface area (Å²) in [4.78, 5) is 2.52. The van der Waals surface area contributed by atoms with Gasteiger partial charge in [0.05, 0.1) is 6.04 Å². The van der Waals surface area contributed by atoms with Gasteiger partial charge in [0.1, 0.15) is 0 Å². The average molecular weight is 327 g/mol. The second-order valence-corrected chi connectivity index (χ2v) is 6.08. The topological polar surface area (TPSA) is 29.3 Å². The van der Waals surface area contributed by atoms with Crippen LogP contribution in [0.25, 0.3) is 0 Å². The summed E-state index contributed by atoms with van der Waals surface area (Å²) in [6, 6.07) is 9.56. The first-order valence-electron chi connectivity index (χ1n) is 7.31. The number of nitrogens with two attached hydrogens (primary N) is 1. The molecule has 108 valence electrons. The van der Waals surface area contributed by atoms with Gasteiger partial charge >= 0.3 is 0 Å². The van der Waals surface area contributed by atoms with E-state index in [4.69, 9.17) is 5.73 Å². The van der Waals surface area contributed by atoms with Gasteiger partial charge in [-0.2, -0.15) is 0 Å². The second-order valence-electron chi connectivity index (χ2n) is 5.16. The van der Waals surface area contributed by atoms with Crippen LogP contribution in [0.3, 0.4) is 0 Å². The minimum atomic E-state index is 0.170. The third kappa shape index (κ3) is 4.30. The van der Waals surface area contributed by atoms with E-state index in [0.717, 1.165) is 23.9 Å². The van der Waals surface area contributed by atoms with E-state index in [-0.39, 0.29) is 6.04 Å². The van der Waals surface area contributed by atoms with E-state index in [1.54, 1.807) is 0 Å². The molecule has 0 radical (unpaired) electrons. The zero-order valence-electron chi connectivity index (χ0n) is 12.6. The minimum absolute atomic E-state index is 0.170. The molecule has 0 bridgehead atoms. The smallest absolute Gasteiger partial charge is 0.0502 e. The molecular formula is C16H27BrN2. The Morgan fingerprint density at radius 2 is 1.89 bits per heavy atom.